The molecule has 1 amide bonds. The molecule has 3 rings (SSSR count). The zero-order chi connectivity index (χ0) is 17.6. The van der Waals surface area contributed by atoms with Crippen LogP contribution in [0.1, 0.15) is 11.3 Å². The zero-order valence-electron chi connectivity index (χ0n) is 13.1. The largest absolute Gasteiger partial charge is 0.455 e. The van der Waals surface area contributed by atoms with Crippen LogP contribution in [0.5, 0.6) is 0 Å². The van der Waals surface area contributed by atoms with Crippen molar-refractivity contribution in [3.63, 3.8) is 0 Å². The van der Waals surface area contributed by atoms with E-state index >= 15 is 0 Å². The Hall–Kier alpha value is -2.37. The molecule has 0 fully saturated rings. The average Bonchev–Trinajstić information content (AvgIpc) is 3.06. The van der Waals surface area contributed by atoms with E-state index in [1.54, 1.807) is 18.2 Å². The number of carbonyl (C=O) groups is 1. The summed E-state index contributed by atoms with van der Waals surface area (Å²) in [4.78, 5) is 11.9. The summed E-state index contributed by atoms with van der Waals surface area (Å²) in [6.45, 7) is 0. The fraction of sp³-hybridized carbons (Fsp3) is 0.0526. The summed E-state index contributed by atoms with van der Waals surface area (Å²) < 4.78 is 6.65. The number of hydrogen-bond donors (Lipinski definition) is 1. The van der Waals surface area contributed by atoms with E-state index in [4.69, 9.17) is 16.0 Å². The van der Waals surface area contributed by atoms with E-state index in [1.807, 2.05) is 42.5 Å². The first kappa shape index (κ1) is 17.5. The number of benzene rings is 2. The van der Waals surface area contributed by atoms with E-state index in [1.165, 1.54) is 6.21 Å². The number of hydrogen-bond acceptors (Lipinski definition) is 3. The molecular weight excluding hydrogens is 404 g/mol. The summed E-state index contributed by atoms with van der Waals surface area (Å²) in [6, 6.07) is 18.5. The van der Waals surface area contributed by atoms with Crippen LogP contribution in [0.4, 0.5) is 0 Å². The van der Waals surface area contributed by atoms with Gasteiger partial charge in [0, 0.05) is 15.1 Å². The SMILES string of the molecule is O=C(Cc1ccc(Br)cc1)N/N=C/c1ccc(-c2ccc(Cl)cc2)o1. The van der Waals surface area contributed by atoms with Crippen LogP contribution >= 0.6 is 27.5 Å². The van der Waals surface area contributed by atoms with Crippen LogP contribution < -0.4 is 5.43 Å². The van der Waals surface area contributed by atoms with Gasteiger partial charge in [-0.05, 0) is 54.1 Å². The van der Waals surface area contributed by atoms with Gasteiger partial charge in [0.2, 0.25) is 5.91 Å². The predicted molar refractivity (Wildman–Crippen MR) is 103 cm³/mol. The number of furan rings is 1. The van der Waals surface area contributed by atoms with Gasteiger partial charge in [0.1, 0.15) is 11.5 Å². The molecule has 1 N–H and O–H groups in total. The monoisotopic (exact) mass is 416 g/mol. The minimum atomic E-state index is -0.192. The lowest BCUT2D eigenvalue weighted by molar-refractivity contribution is -0.120. The Bertz CT molecular complexity index is 887. The molecule has 1 heterocycles. The summed E-state index contributed by atoms with van der Waals surface area (Å²) >= 11 is 9.23. The number of hydrazone groups is 1. The fourth-order valence-corrected chi connectivity index (χ4v) is 2.58. The Kier molecular flexibility index (Phi) is 5.68. The van der Waals surface area contributed by atoms with E-state index in [0.29, 0.717) is 16.5 Å². The van der Waals surface area contributed by atoms with E-state index < -0.39 is 0 Å². The molecule has 0 spiro atoms. The molecule has 0 aliphatic heterocycles. The first-order valence-electron chi connectivity index (χ1n) is 7.52. The van der Waals surface area contributed by atoms with Gasteiger partial charge in [-0.25, -0.2) is 5.43 Å². The van der Waals surface area contributed by atoms with Crippen LogP contribution in [0.25, 0.3) is 11.3 Å². The first-order chi connectivity index (χ1) is 12.1. The lowest BCUT2D eigenvalue weighted by Gasteiger charge is -2.00. The summed E-state index contributed by atoms with van der Waals surface area (Å²) in [5.41, 5.74) is 4.33. The van der Waals surface area contributed by atoms with Crippen molar-refractivity contribution in [2.24, 2.45) is 5.10 Å². The van der Waals surface area contributed by atoms with Crippen molar-refractivity contribution in [2.45, 2.75) is 6.42 Å². The Morgan fingerprint density at radius 3 is 2.52 bits per heavy atom. The zero-order valence-corrected chi connectivity index (χ0v) is 15.4. The summed E-state index contributed by atoms with van der Waals surface area (Å²) in [6.07, 6.45) is 1.73. The molecular formula is C19H14BrClN2O2. The number of nitrogens with one attached hydrogen (secondary N) is 1. The van der Waals surface area contributed by atoms with Crippen LogP contribution in [0.15, 0.2) is 74.7 Å². The molecule has 0 atom stereocenters. The van der Waals surface area contributed by atoms with E-state index in [0.717, 1.165) is 15.6 Å². The van der Waals surface area contributed by atoms with E-state index in [2.05, 4.69) is 26.5 Å². The molecule has 4 nitrogen and oxygen atoms in total. The molecule has 2 aromatic carbocycles. The Morgan fingerprint density at radius 1 is 1.08 bits per heavy atom. The van der Waals surface area contributed by atoms with Gasteiger partial charge in [-0.3, -0.25) is 4.79 Å². The van der Waals surface area contributed by atoms with Crippen LogP contribution in [0.3, 0.4) is 0 Å². The smallest absolute Gasteiger partial charge is 0.244 e. The Labute approximate surface area is 158 Å². The summed E-state index contributed by atoms with van der Waals surface area (Å²) in [7, 11) is 0. The fourth-order valence-electron chi connectivity index (χ4n) is 2.19. The third-order valence-corrected chi connectivity index (χ3v) is 4.20. The highest BCUT2D eigenvalue weighted by atomic mass is 79.9. The molecule has 0 saturated carbocycles. The van der Waals surface area contributed by atoms with Crippen molar-refractivity contribution in [2.75, 3.05) is 0 Å². The van der Waals surface area contributed by atoms with Crippen LogP contribution in [-0.2, 0) is 11.2 Å². The first-order valence-corrected chi connectivity index (χ1v) is 8.69. The molecule has 25 heavy (non-hydrogen) atoms. The van der Waals surface area contributed by atoms with Gasteiger partial charge >= 0.3 is 0 Å². The van der Waals surface area contributed by atoms with Gasteiger partial charge in [-0.1, -0.05) is 39.7 Å². The minimum absolute atomic E-state index is 0.192. The van der Waals surface area contributed by atoms with Gasteiger partial charge in [0.15, 0.2) is 0 Å². The van der Waals surface area contributed by atoms with Gasteiger partial charge < -0.3 is 4.42 Å². The highest BCUT2D eigenvalue weighted by Gasteiger charge is 2.04. The number of nitrogens with zero attached hydrogens (tertiary/aromatic N) is 1. The average molecular weight is 418 g/mol. The lowest BCUT2D eigenvalue weighted by Crippen LogP contribution is -2.19. The van der Waals surface area contributed by atoms with Crippen LogP contribution in [0.2, 0.25) is 5.02 Å². The van der Waals surface area contributed by atoms with Crippen molar-refractivity contribution in [3.8, 4) is 11.3 Å². The quantitative estimate of drug-likeness (QED) is 0.466. The van der Waals surface area contributed by atoms with E-state index in [-0.39, 0.29) is 12.3 Å². The van der Waals surface area contributed by atoms with Gasteiger partial charge in [-0.2, -0.15) is 5.10 Å². The molecule has 0 unspecified atom stereocenters. The van der Waals surface area contributed by atoms with Gasteiger partial charge in [0.25, 0.3) is 0 Å². The van der Waals surface area contributed by atoms with Crippen molar-refractivity contribution in [1.29, 1.82) is 0 Å². The number of rotatable bonds is 5. The third kappa shape index (κ3) is 5.05. The maximum Gasteiger partial charge on any atom is 0.244 e. The minimum Gasteiger partial charge on any atom is -0.455 e. The highest BCUT2D eigenvalue weighted by Crippen LogP contribution is 2.23. The highest BCUT2D eigenvalue weighted by molar-refractivity contribution is 9.10. The van der Waals surface area contributed by atoms with Crippen molar-refractivity contribution >= 4 is 39.7 Å². The van der Waals surface area contributed by atoms with Gasteiger partial charge in [0.05, 0.1) is 12.6 Å². The molecule has 0 bridgehead atoms. The number of halogens is 2. The topological polar surface area (TPSA) is 54.6 Å². The molecule has 126 valence electrons. The number of amides is 1. The van der Waals surface area contributed by atoms with E-state index in [9.17, 15) is 4.79 Å². The van der Waals surface area contributed by atoms with Gasteiger partial charge in [-0.15, -0.1) is 0 Å². The molecule has 0 aliphatic rings. The second-order valence-corrected chi connectivity index (χ2v) is 6.66. The summed E-state index contributed by atoms with van der Waals surface area (Å²) in [5, 5.41) is 4.60. The second-order valence-electron chi connectivity index (χ2n) is 5.31. The maximum absolute atomic E-state index is 11.9. The summed E-state index contributed by atoms with van der Waals surface area (Å²) in [5.74, 6) is 1.07. The molecule has 0 saturated heterocycles. The second kappa shape index (κ2) is 8.14. The molecule has 0 aliphatic carbocycles. The maximum atomic E-state index is 11.9. The van der Waals surface area contributed by atoms with Crippen molar-refractivity contribution in [3.05, 3.63) is 81.5 Å². The van der Waals surface area contributed by atoms with Crippen LogP contribution in [0, 0.1) is 0 Å². The Morgan fingerprint density at radius 2 is 1.80 bits per heavy atom. The predicted octanol–water partition coefficient (Wildman–Crippen LogP) is 5.06. The van der Waals surface area contributed by atoms with Crippen molar-refractivity contribution in [1.82, 2.24) is 5.43 Å². The van der Waals surface area contributed by atoms with Crippen LogP contribution in [-0.4, -0.2) is 12.1 Å². The molecule has 1 aromatic heterocycles. The number of carbonyl (C=O) groups excluding carboxylic acids is 1. The lowest BCUT2D eigenvalue weighted by atomic mass is 10.1. The standard InChI is InChI=1S/C19H14BrClN2O2/c20-15-5-1-13(2-6-15)11-19(24)23-22-12-17-9-10-18(25-17)14-3-7-16(21)8-4-14/h1-10,12H,11H2,(H,23,24)/b22-12+. The molecule has 0 radical (unpaired) electrons. The Balaban J connectivity index is 1.56. The molecule has 3 aromatic rings. The third-order valence-electron chi connectivity index (χ3n) is 3.41. The molecule has 6 heteroatoms. The normalized spacial score (nSPS) is 11.0. The van der Waals surface area contributed by atoms with Crippen molar-refractivity contribution < 1.29 is 9.21 Å².